The van der Waals surface area contributed by atoms with Crippen LogP contribution in [-0.4, -0.2) is 57.1 Å². The van der Waals surface area contributed by atoms with Crippen LogP contribution in [0.4, 0.5) is 0 Å². The first kappa shape index (κ1) is 19.8. The SMILES string of the molecule is CCOc1ccc(CN(C)C(=NC)NCC(c2ccco2)N(C)C)cc1. The van der Waals surface area contributed by atoms with E-state index in [-0.39, 0.29) is 6.04 Å². The molecule has 0 aliphatic heterocycles. The zero-order valence-corrected chi connectivity index (χ0v) is 16.4. The Morgan fingerprint density at radius 2 is 1.92 bits per heavy atom. The molecule has 1 heterocycles. The van der Waals surface area contributed by atoms with Gasteiger partial charge in [0.25, 0.3) is 0 Å². The molecule has 1 atom stereocenters. The molecule has 26 heavy (non-hydrogen) atoms. The summed E-state index contributed by atoms with van der Waals surface area (Å²) >= 11 is 0. The van der Waals surface area contributed by atoms with E-state index in [9.17, 15) is 0 Å². The standard InChI is InChI=1S/C20H30N4O2/c1-6-25-17-11-9-16(10-12-17)15-24(5)20(21-2)22-14-18(23(3)4)19-8-7-13-26-19/h7-13,18H,6,14-15H2,1-5H3,(H,21,22). The minimum absolute atomic E-state index is 0.139. The molecule has 0 aliphatic rings. The van der Waals surface area contributed by atoms with E-state index in [1.807, 2.05) is 52.3 Å². The number of rotatable bonds is 8. The average molecular weight is 358 g/mol. The molecular weight excluding hydrogens is 328 g/mol. The van der Waals surface area contributed by atoms with Crippen LogP contribution in [0.2, 0.25) is 0 Å². The first-order valence-corrected chi connectivity index (χ1v) is 8.88. The highest BCUT2D eigenvalue weighted by molar-refractivity contribution is 5.79. The van der Waals surface area contributed by atoms with Crippen molar-refractivity contribution in [1.29, 1.82) is 0 Å². The predicted molar refractivity (Wildman–Crippen MR) is 106 cm³/mol. The minimum atomic E-state index is 0.139. The van der Waals surface area contributed by atoms with Crippen LogP contribution in [0.5, 0.6) is 5.75 Å². The van der Waals surface area contributed by atoms with Crippen molar-refractivity contribution in [1.82, 2.24) is 15.1 Å². The fraction of sp³-hybridized carbons (Fsp3) is 0.450. The summed E-state index contributed by atoms with van der Waals surface area (Å²) in [5, 5.41) is 3.44. The van der Waals surface area contributed by atoms with Crippen molar-refractivity contribution in [2.45, 2.75) is 19.5 Å². The third kappa shape index (κ3) is 5.52. The molecule has 1 unspecified atom stereocenters. The lowest BCUT2D eigenvalue weighted by atomic mass is 10.2. The van der Waals surface area contributed by atoms with Crippen LogP contribution < -0.4 is 10.1 Å². The molecule has 0 amide bonds. The summed E-state index contributed by atoms with van der Waals surface area (Å²) in [4.78, 5) is 8.63. The van der Waals surface area contributed by atoms with E-state index in [1.165, 1.54) is 5.56 Å². The fourth-order valence-electron chi connectivity index (χ4n) is 2.80. The van der Waals surface area contributed by atoms with Crippen LogP contribution in [0.1, 0.15) is 24.3 Å². The lowest BCUT2D eigenvalue weighted by molar-refractivity contribution is 0.256. The molecular formula is C20H30N4O2. The molecule has 0 fully saturated rings. The molecule has 0 radical (unpaired) electrons. The zero-order valence-electron chi connectivity index (χ0n) is 16.4. The number of furan rings is 1. The van der Waals surface area contributed by atoms with Crippen LogP contribution >= 0.6 is 0 Å². The van der Waals surface area contributed by atoms with Crippen LogP contribution in [-0.2, 0) is 6.54 Å². The maximum atomic E-state index is 5.56. The van der Waals surface area contributed by atoms with E-state index in [2.05, 4.69) is 32.2 Å². The highest BCUT2D eigenvalue weighted by Crippen LogP contribution is 2.18. The van der Waals surface area contributed by atoms with Crippen LogP contribution in [0.3, 0.4) is 0 Å². The highest BCUT2D eigenvalue weighted by atomic mass is 16.5. The zero-order chi connectivity index (χ0) is 18.9. The Bertz CT molecular complexity index is 666. The third-order valence-electron chi connectivity index (χ3n) is 4.18. The van der Waals surface area contributed by atoms with Crippen molar-refractivity contribution >= 4 is 5.96 Å². The van der Waals surface area contributed by atoms with E-state index in [4.69, 9.17) is 9.15 Å². The second-order valence-electron chi connectivity index (χ2n) is 6.36. The third-order valence-corrected chi connectivity index (χ3v) is 4.18. The van der Waals surface area contributed by atoms with Crippen LogP contribution in [0.15, 0.2) is 52.1 Å². The largest absolute Gasteiger partial charge is 0.494 e. The molecule has 1 aromatic heterocycles. The minimum Gasteiger partial charge on any atom is -0.494 e. The average Bonchev–Trinajstić information content (AvgIpc) is 3.14. The van der Waals surface area contributed by atoms with Crippen molar-refractivity contribution in [3.63, 3.8) is 0 Å². The van der Waals surface area contributed by atoms with Gasteiger partial charge in [-0.3, -0.25) is 9.89 Å². The quantitative estimate of drug-likeness (QED) is 0.581. The van der Waals surface area contributed by atoms with Gasteiger partial charge in [-0.2, -0.15) is 0 Å². The van der Waals surface area contributed by atoms with Crippen molar-refractivity contribution < 1.29 is 9.15 Å². The molecule has 2 rings (SSSR count). The molecule has 1 aromatic carbocycles. The van der Waals surface area contributed by atoms with Gasteiger partial charge in [0, 0.05) is 27.2 Å². The van der Waals surface area contributed by atoms with E-state index >= 15 is 0 Å². The van der Waals surface area contributed by atoms with Gasteiger partial charge in [-0.05, 0) is 50.8 Å². The van der Waals surface area contributed by atoms with Gasteiger partial charge in [-0.25, -0.2) is 0 Å². The van der Waals surface area contributed by atoms with E-state index in [0.717, 1.165) is 24.0 Å². The lowest BCUT2D eigenvalue weighted by Crippen LogP contribution is -2.42. The van der Waals surface area contributed by atoms with Crippen molar-refractivity contribution in [2.24, 2.45) is 4.99 Å². The van der Waals surface area contributed by atoms with Gasteiger partial charge in [0.2, 0.25) is 0 Å². The molecule has 2 aromatic rings. The number of guanidine groups is 1. The molecule has 6 nitrogen and oxygen atoms in total. The number of hydrogen-bond donors (Lipinski definition) is 1. The molecule has 0 aliphatic carbocycles. The summed E-state index contributed by atoms with van der Waals surface area (Å²) in [7, 11) is 7.92. The topological polar surface area (TPSA) is 53.2 Å². The Morgan fingerprint density at radius 1 is 1.19 bits per heavy atom. The molecule has 0 spiro atoms. The van der Waals surface area contributed by atoms with E-state index < -0.39 is 0 Å². The number of hydrogen-bond acceptors (Lipinski definition) is 4. The summed E-state index contributed by atoms with van der Waals surface area (Å²) in [6.07, 6.45) is 1.71. The van der Waals surface area contributed by atoms with Gasteiger partial charge >= 0.3 is 0 Å². The monoisotopic (exact) mass is 358 g/mol. The molecule has 1 N–H and O–H groups in total. The summed E-state index contributed by atoms with van der Waals surface area (Å²) in [6, 6.07) is 12.2. The first-order chi connectivity index (χ1) is 12.5. The molecule has 0 saturated heterocycles. The summed E-state index contributed by atoms with van der Waals surface area (Å²) in [6.45, 7) is 4.14. The second-order valence-corrected chi connectivity index (χ2v) is 6.36. The van der Waals surface area contributed by atoms with Gasteiger partial charge in [-0.15, -0.1) is 0 Å². The Balaban J connectivity index is 1.94. The number of nitrogens with zero attached hydrogens (tertiary/aromatic N) is 3. The first-order valence-electron chi connectivity index (χ1n) is 8.88. The highest BCUT2D eigenvalue weighted by Gasteiger charge is 2.18. The van der Waals surface area contributed by atoms with Gasteiger partial charge in [-0.1, -0.05) is 12.1 Å². The maximum absolute atomic E-state index is 5.56. The Hall–Kier alpha value is -2.47. The van der Waals surface area contributed by atoms with Gasteiger partial charge in [0.05, 0.1) is 18.9 Å². The number of benzene rings is 1. The Labute approximate surface area is 156 Å². The second kappa shape index (κ2) is 9.87. The van der Waals surface area contributed by atoms with Crippen LogP contribution in [0, 0.1) is 0 Å². The summed E-state index contributed by atoms with van der Waals surface area (Å²) in [5.74, 6) is 2.68. The fourth-order valence-corrected chi connectivity index (χ4v) is 2.80. The Kier molecular flexibility index (Phi) is 7.53. The number of ether oxygens (including phenoxy) is 1. The van der Waals surface area contributed by atoms with E-state index in [1.54, 1.807) is 13.3 Å². The number of likely N-dealkylation sites (N-methyl/N-ethyl adjacent to an activating group) is 1. The number of nitrogens with one attached hydrogen (secondary N) is 1. The van der Waals surface area contributed by atoms with Crippen molar-refractivity contribution in [2.75, 3.05) is 41.3 Å². The Morgan fingerprint density at radius 3 is 2.46 bits per heavy atom. The number of aliphatic imine (C=N–C) groups is 1. The molecule has 0 saturated carbocycles. The van der Waals surface area contributed by atoms with Gasteiger partial charge in [0.15, 0.2) is 5.96 Å². The molecule has 142 valence electrons. The molecule has 0 bridgehead atoms. The van der Waals surface area contributed by atoms with Crippen LogP contribution in [0.25, 0.3) is 0 Å². The molecule has 6 heteroatoms. The maximum Gasteiger partial charge on any atom is 0.193 e. The lowest BCUT2D eigenvalue weighted by Gasteiger charge is -2.27. The smallest absolute Gasteiger partial charge is 0.193 e. The van der Waals surface area contributed by atoms with Crippen molar-refractivity contribution in [3.05, 3.63) is 54.0 Å². The van der Waals surface area contributed by atoms with Gasteiger partial charge < -0.3 is 19.4 Å². The summed E-state index contributed by atoms with van der Waals surface area (Å²) in [5.41, 5.74) is 1.20. The van der Waals surface area contributed by atoms with Crippen molar-refractivity contribution in [3.8, 4) is 5.75 Å². The predicted octanol–water partition coefficient (Wildman–Crippen LogP) is 2.99. The normalized spacial score (nSPS) is 12.9. The summed E-state index contributed by atoms with van der Waals surface area (Å²) < 4.78 is 11.1. The van der Waals surface area contributed by atoms with Gasteiger partial charge in [0.1, 0.15) is 11.5 Å². The van der Waals surface area contributed by atoms with E-state index in [0.29, 0.717) is 13.2 Å².